The first-order valence-electron chi connectivity index (χ1n) is 10.2. The third kappa shape index (κ3) is 3.45. The zero-order valence-electron chi connectivity index (χ0n) is 16.6. The Bertz CT molecular complexity index is 1140. The van der Waals surface area contributed by atoms with Crippen molar-refractivity contribution in [2.24, 2.45) is 11.1 Å². The highest BCUT2D eigenvalue weighted by atomic mass is 32.2. The van der Waals surface area contributed by atoms with Crippen molar-refractivity contribution in [3.05, 3.63) is 66.1 Å². The molecule has 2 N–H and O–H groups in total. The largest absolute Gasteiger partial charge is 0.338 e. The molecule has 0 spiro atoms. The molecule has 2 fully saturated rings. The van der Waals surface area contributed by atoms with Gasteiger partial charge in [0.2, 0.25) is 21.7 Å². The second kappa shape index (κ2) is 7.30. The van der Waals surface area contributed by atoms with Crippen molar-refractivity contribution in [3.8, 4) is 11.4 Å². The molecule has 2 heterocycles. The number of likely N-dealkylation sites (tertiary alicyclic amines) is 1. The number of benzene rings is 2. The van der Waals surface area contributed by atoms with Crippen molar-refractivity contribution in [1.29, 1.82) is 0 Å². The lowest BCUT2D eigenvalue weighted by Gasteiger charge is -2.24. The first-order chi connectivity index (χ1) is 14.4. The van der Waals surface area contributed by atoms with Crippen molar-refractivity contribution in [1.82, 2.24) is 15.0 Å². The van der Waals surface area contributed by atoms with Crippen molar-refractivity contribution in [2.45, 2.75) is 36.1 Å². The summed E-state index contributed by atoms with van der Waals surface area (Å²) in [7, 11) is -3.72. The predicted octanol–water partition coefficient (Wildman–Crippen LogP) is 2.94. The van der Waals surface area contributed by atoms with E-state index in [4.69, 9.17) is 14.6 Å². The van der Waals surface area contributed by atoms with Gasteiger partial charge in [-0.3, -0.25) is 4.90 Å². The van der Waals surface area contributed by atoms with Crippen LogP contribution in [0, 0.1) is 5.92 Å². The monoisotopic (exact) mass is 424 g/mol. The van der Waals surface area contributed by atoms with E-state index in [2.05, 4.69) is 34.3 Å². The predicted molar refractivity (Wildman–Crippen MR) is 112 cm³/mol. The van der Waals surface area contributed by atoms with Crippen LogP contribution in [-0.4, -0.2) is 36.5 Å². The van der Waals surface area contributed by atoms with E-state index in [1.807, 2.05) is 6.07 Å². The first kappa shape index (κ1) is 19.4. The van der Waals surface area contributed by atoms with Gasteiger partial charge in [0.1, 0.15) is 0 Å². The molecular weight excluding hydrogens is 400 g/mol. The van der Waals surface area contributed by atoms with Gasteiger partial charge in [-0.2, -0.15) is 4.98 Å². The number of nitrogens with two attached hydrogens (primary N) is 1. The minimum absolute atomic E-state index is 0.0664. The number of hydrogen-bond donors (Lipinski definition) is 1. The second-order valence-electron chi connectivity index (χ2n) is 8.39. The molecular formula is C22H24N4O3S. The molecule has 1 saturated heterocycles. The van der Waals surface area contributed by atoms with Gasteiger partial charge in [0, 0.05) is 25.2 Å². The number of sulfonamides is 1. The minimum atomic E-state index is -3.72. The summed E-state index contributed by atoms with van der Waals surface area (Å²) >= 11 is 0. The zero-order valence-corrected chi connectivity index (χ0v) is 17.4. The molecule has 30 heavy (non-hydrogen) atoms. The minimum Gasteiger partial charge on any atom is -0.338 e. The Balaban J connectivity index is 1.39. The lowest BCUT2D eigenvalue weighted by molar-refractivity contribution is 0.245. The SMILES string of the molecule is NS(=O)(=O)c1ccc(-c2noc([C@@]34CCC[C@@H]3CN(Cc3ccccc3)C4)n2)cc1. The summed E-state index contributed by atoms with van der Waals surface area (Å²) in [4.78, 5) is 7.30. The number of fused-ring (bicyclic) bond motifs is 1. The highest BCUT2D eigenvalue weighted by molar-refractivity contribution is 7.89. The second-order valence-corrected chi connectivity index (χ2v) is 9.95. The van der Waals surface area contributed by atoms with E-state index in [1.54, 1.807) is 12.1 Å². The normalized spacial score (nSPS) is 24.2. The molecule has 2 aromatic carbocycles. The van der Waals surface area contributed by atoms with Gasteiger partial charge in [-0.15, -0.1) is 0 Å². The molecule has 8 heteroatoms. The van der Waals surface area contributed by atoms with Gasteiger partial charge >= 0.3 is 0 Å². The van der Waals surface area contributed by atoms with Gasteiger partial charge < -0.3 is 4.52 Å². The maximum absolute atomic E-state index is 11.5. The average Bonchev–Trinajstić information content (AvgIpc) is 3.42. The van der Waals surface area contributed by atoms with Crippen molar-refractivity contribution >= 4 is 10.0 Å². The van der Waals surface area contributed by atoms with Crippen LogP contribution in [0.3, 0.4) is 0 Å². The maximum atomic E-state index is 11.5. The summed E-state index contributed by atoms with van der Waals surface area (Å²) in [5.41, 5.74) is 1.93. The standard InChI is InChI=1S/C22H24N4O3S/c23-30(27,28)19-10-8-17(9-11-19)20-24-21(29-25-20)22-12-4-7-18(22)14-26(15-22)13-16-5-2-1-3-6-16/h1-3,5-6,8-11,18H,4,7,12-15H2,(H2,23,27,28)/t18-,22-/m1/s1. The Hall–Kier alpha value is -2.55. The summed E-state index contributed by atoms with van der Waals surface area (Å²) in [5.74, 6) is 1.69. The van der Waals surface area contributed by atoms with E-state index >= 15 is 0 Å². The third-order valence-corrected chi connectivity index (χ3v) is 7.41. The van der Waals surface area contributed by atoms with Crippen molar-refractivity contribution < 1.29 is 12.9 Å². The summed E-state index contributed by atoms with van der Waals surface area (Å²) in [6.45, 7) is 2.88. The van der Waals surface area contributed by atoms with Crippen LogP contribution in [-0.2, 0) is 22.0 Å². The Morgan fingerprint density at radius 3 is 2.63 bits per heavy atom. The van der Waals surface area contributed by atoms with Gasteiger partial charge in [-0.25, -0.2) is 13.6 Å². The van der Waals surface area contributed by atoms with Crippen LogP contribution in [0.25, 0.3) is 11.4 Å². The number of rotatable bonds is 5. The molecule has 0 unspecified atom stereocenters. The molecule has 0 bridgehead atoms. The molecule has 0 amide bonds. The third-order valence-electron chi connectivity index (χ3n) is 6.48. The van der Waals surface area contributed by atoms with Gasteiger partial charge in [0.15, 0.2) is 0 Å². The molecule has 1 aliphatic carbocycles. The van der Waals surface area contributed by atoms with Gasteiger partial charge in [-0.1, -0.05) is 41.9 Å². The smallest absolute Gasteiger partial charge is 0.238 e. The van der Waals surface area contributed by atoms with Crippen LogP contribution in [0.1, 0.15) is 30.7 Å². The van der Waals surface area contributed by atoms with Crippen LogP contribution in [0.15, 0.2) is 64.0 Å². The number of nitrogens with zero attached hydrogens (tertiary/aromatic N) is 3. The van der Waals surface area contributed by atoms with E-state index in [9.17, 15) is 8.42 Å². The molecule has 0 radical (unpaired) electrons. The quantitative estimate of drug-likeness (QED) is 0.676. The van der Waals surface area contributed by atoms with E-state index in [0.717, 1.165) is 26.1 Å². The fourth-order valence-corrected chi connectivity index (χ4v) is 5.56. The Kier molecular flexibility index (Phi) is 4.72. The molecule has 156 valence electrons. The van der Waals surface area contributed by atoms with Gasteiger partial charge in [0.25, 0.3) is 0 Å². The van der Waals surface area contributed by atoms with E-state index in [1.165, 1.54) is 30.5 Å². The molecule has 2 aliphatic rings. The van der Waals surface area contributed by atoms with Crippen LogP contribution in [0.2, 0.25) is 0 Å². The topological polar surface area (TPSA) is 102 Å². The Morgan fingerprint density at radius 1 is 1.13 bits per heavy atom. The number of hydrogen-bond acceptors (Lipinski definition) is 6. The van der Waals surface area contributed by atoms with E-state index in [-0.39, 0.29) is 10.3 Å². The lowest BCUT2D eigenvalue weighted by atomic mass is 9.80. The number of primary sulfonamides is 1. The van der Waals surface area contributed by atoms with Crippen LogP contribution >= 0.6 is 0 Å². The molecule has 5 rings (SSSR count). The summed E-state index contributed by atoms with van der Waals surface area (Å²) in [5, 5.41) is 9.38. The van der Waals surface area contributed by atoms with E-state index < -0.39 is 10.0 Å². The van der Waals surface area contributed by atoms with Gasteiger partial charge in [0.05, 0.1) is 10.3 Å². The van der Waals surface area contributed by atoms with Crippen molar-refractivity contribution in [2.75, 3.05) is 13.1 Å². The first-order valence-corrected chi connectivity index (χ1v) is 11.7. The summed E-state index contributed by atoms with van der Waals surface area (Å²) in [6, 6.07) is 16.8. The van der Waals surface area contributed by atoms with E-state index in [0.29, 0.717) is 23.2 Å². The highest BCUT2D eigenvalue weighted by Gasteiger charge is 2.54. The van der Waals surface area contributed by atoms with Crippen molar-refractivity contribution in [3.63, 3.8) is 0 Å². The number of aromatic nitrogens is 2. The molecule has 1 saturated carbocycles. The van der Waals surface area contributed by atoms with Gasteiger partial charge in [-0.05, 0) is 48.6 Å². The molecule has 1 aromatic heterocycles. The lowest BCUT2D eigenvalue weighted by Crippen LogP contribution is -2.32. The summed E-state index contributed by atoms with van der Waals surface area (Å²) in [6.07, 6.45) is 3.39. The molecule has 7 nitrogen and oxygen atoms in total. The van der Waals surface area contributed by atoms with Crippen LogP contribution < -0.4 is 5.14 Å². The van der Waals surface area contributed by atoms with Crippen LogP contribution in [0.4, 0.5) is 0 Å². The zero-order chi connectivity index (χ0) is 20.8. The maximum Gasteiger partial charge on any atom is 0.238 e. The molecule has 3 aromatic rings. The highest BCUT2D eigenvalue weighted by Crippen LogP contribution is 2.50. The fraction of sp³-hybridized carbons (Fsp3) is 0.364. The average molecular weight is 425 g/mol. The Morgan fingerprint density at radius 2 is 1.90 bits per heavy atom. The molecule has 1 aliphatic heterocycles. The van der Waals surface area contributed by atoms with Crippen LogP contribution in [0.5, 0.6) is 0 Å². The fourth-order valence-electron chi connectivity index (χ4n) is 5.04. The summed E-state index contributed by atoms with van der Waals surface area (Å²) < 4.78 is 28.7. The Labute approximate surface area is 175 Å². The molecule has 2 atom stereocenters.